The molecule has 0 aliphatic heterocycles. The minimum atomic E-state index is -0.193. The lowest BCUT2D eigenvalue weighted by Gasteiger charge is -2.09. The number of benzene rings is 1. The molecule has 0 aliphatic rings. The SMILES string of the molecule is CCCNC(C)c1csc(CSc2ccc(F)cc2)n1. The quantitative estimate of drug-likeness (QED) is 0.754. The number of nitrogens with one attached hydrogen (secondary N) is 1. The molecule has 0 aliphatic carbocycles. The van der Waals surface area contributed by atoms with Gasteiger partial charge >= 0.3 is 0 Å². The lowest BCUT2D eigenvalue weighted by atomic mass is 10.2. The predicted octanol–water partition coefficient (Wildman–Crippen LogP) is 4.64. The molecule has 2 nitrogen and oxygen atoms in total. The third-order valence-corrected chi connectivity index (χ3v) is 4.96. The van der Waals surface area contributed by atoms with Crippen molar-refractivity contribution >= 4 is 23.1 Å². The lowest BCUT2D eigenvalue weighted by molar-refractivity contribution is 0.560. The van der Waals surface area contributed by atoms with Crippen LogP contribution in [-0.4, -0.2) is 11.5 Å². The third-order valence-electron chi connectivity index (χ3n) is 2.89. The molecular formula is C15H19FN2S2. The van der Waals surface area contributed by atoms with E-state index in [0.717, 1.165) is 34.3 Å². The molecule has 108 valence electrons. The highest BCUT2D eigenvalue weighted by molar-refractivity contribution is 7.98. The Morgan fingerprint density at radius 1 is 1.35 bits per heavy atom. The average Bonchev–Trinajstić information content (AvgIpc) is 2.93. The van der Waals surface area contributed by atoms with Crippen molar-refractivity contribution in [3.8, 4) is 0 Å². The van der Waals surface area contributed by atoms with Crippen LogP contribution in [0.4, 0.5) is 4.39 Å². The van der Waals surface area contributed by atoms with Crippen molar-refractivity contribution < 1.29 is 4.39 Å². The second kappa shape index (κ2) is 7.76. The highest BCUT2D eigenvalue weighted by Gasteiger charge is 2.09. The van der Waals surface area contributed by atoms with Gasteiger partial charge in [-0.15, -0.1) is 23.1 Å². The van der Waals surface area contributed by atoms with Gasteiger partial charge in [-0.1, -0.05) is 6.92 Å². The molecule has 1 unspecified atom stereocenters. The molecule has 5 heteroatoms. The van der Waals surface area contributed by atoms with E-state index in [1.807, 2.05) is 0 Å². The summed E-state index contributed by atoms with van der Waals surface area (Å²) in [5, 5.41) is 6.67. The first-order chi connectivity index (χ1) is 9.69. The summed E-state index contributed by atoms with van der Waals surface area (Å²) in [5.41, 5.74) is 1.11. The molecule has 1 N–H and O–H groups in total. The number of hydrogen-bond acceptors (Lipinski definition) is 4. The van der Waals surface area contributed by atoms with Gasteiger partial charge in [0.15, 0.2) is 0 Å². The summed E-state index contributed by atoms with van der Waals surface area (Å²) in [5.74, 6) is 0.637. The van der Waals surface area contributed by atoms with Crippen LogP contribution in [-0.2, 0) is 5.75 Å². The van der Waals surface area contributed by atoms with E-state index in [1.165, 1.54) is 12.1 Å². The standard InChI is InChI=1S/C15H19FN2S2/c1-3-8-17-11(2)14-9-20-15(18-14)10-19-13-6-4-12(16)5-7-13/h4-7,9,11,17H,3,8,10H2,1-2H3. The first-order valence-electron chi connectivity index (χ1n) is 6.75. The number of rotatable bonds is 7. The zero-order chi connectivity index (χ0) is 14.4. The maximum Gasteiger partial charge on any atom is 0.123 e. The van der Waals surface area contributed by atoms with Crippen LogP contribution in [0.1, 0.15) is 37.0 Å². The molecular weight excluding hydrogens is 291 g/mol. The second-order valence-corrected chi connectivity index (χ2v) is 6.58. The fraction of sp³-hybridized carbons (Fsp3) is 0.400. The second-order valence-electron chi connectivity index (χ2n) is 4.58. The van der Waals surface area contributed by atoms with E-state index >= 15 is 0 Å². The van der Waals surface area contributed by atoms with Crippen LogP contribution in [0.5, 0.6) is 0 Å². The monoisotopic (exact) mass is 310 g/mol. The van der Waals surface area contributed by atoms with Crippen LogP contribution in [0, 0.1) is 5.82 Å². The number of hydrogen-bond donors (Lipinski definition) is 1. The zero-order valence-electron chi connectivity index (χ0n) is 11.7. The molecule has 1 aromatic heterocycles. The summed E-state index contributed by atoms with van der Waals surface area (Å²) in [6.45, 7) is 5.31. The van der Waals surface area contributed by atoms with Crippen molar-refractivity contribution in [1.82, 2.24) is 10.3 Å². The smallest absolute Gasteiger partial charge is 0.123 e. The van der Waals surface area contributed by atoms with Gasteiger partial charge in [-0.05, 0) is 44.2 Å². The summed E-state index contributed by atoms with van der Waals surface area (Å²) in [4.78, 5) is 5.73. The molecule has 0 bridgehead atoms. The first-order valence-corrected chi connectivity index (χ1v) is 8.61. The number of thiazole rings is 1. The molecule has 0 saturated carbocycles. The van der Waals surface area contributed by atoms with E-state index in [1.54, 1.807) is 35.2 Å². The van der Waals surface area contributed by atoms with Gasteiger partial charge in [-0.3, -0.25) is 0 Å². The summed E-state index contributed by atoms with van der Waals surface area (Å²) >= 11 is 3.37. The number of nitrogens with zero attached hydrogens (tertiary/aromatic N) is 1. The Bertz CT molecular complexity index is 525. The fourth-order valence-electron chi connectivity index (χ4n) is 1.73. The molecule has 1 aromatic carbocycles. The number of aromatic nitrogens is 1. The van der Waals surface area contributed by atoms with Crippen LogP contribution in [0.3, 0.4) is 0 Å². The molecule has 0 amide bonds. The minimum Gasteiger partial charge on any atom is -0.309 e. The topological polar surface area (TPSA) is 24.9 Å². The van der Waals surface area contributed by atoms with Gasteiger partial charge < -0.3 is 5.32 Å². The van der Waals surface area contributed by atoms with Gasteiger partial charge in [-0.2, -0.15) is 0 Å². The number of halogens is 1. The normalized spacial score (nSPS) is 12.6. The fourth-order valence-corrected chi connectivity index (χ4v) is 3.54. The molecule has 1 heterocycles. The van der Waals surface area contributed by atoms with E-state index in [9.17, 15) is 4.39 Å². The summed E-state index contributed by atoms with van der Waals surface area (Å²) < 4.78 is 12.8. The maximum atomic E-state index is 12.8. The van der Waals surface area contributed by atoms with Crippen molar-refractivity contribution in [2.24, 2.45) is 0 Å². The maximum absolute atomic E-state index is 12.8. The minimum absolute atomic E-state index is 0.193. The first kappa shape index (κ1) is 15.5. The largest absolute Gasteiger partial charge is 0.309 e. The van der Waals surface area contributed by atoms with Crippen LogP contribution >= 0.6 is 23.1 Å². The van der Waals surface area contributed by atoms with E-state index in [0.29, 0.717) is 6.04 Å². The van der Waals surface area contributed by atoms with Crippen LogP contribution in [0.2, 0.25) is 0 Å². The molecule has 1 atom stereocenters. The van der Waals surface area contributed by atoms with Crippen molar-refractivity contribution in [1.29, 1.82) is 0 Å². The van der Waals surface area contributed by atoms with Gasteiger partial charge in [0.05, 0.1) is 11.4 Å². The van der Waals surface area contributed by atoms with Gasteiger partial charge in [0.2, 0.25) is 0 Å². The Hall–Kier alpha value is -0.910. The van der Waals surface area contributed by atoms with Crippen molar-refractivity contribution in [3.63, 3.8) is 0 Å². The molecule has 2 aromatic rings. The Balaban J connectivity index is 1.87. The Labute approximate surface area is 127 Å². The molecule has 0 saturated heterocycles. The lowest BCUT2D eigenvalue weighted by Crippen LogP contribution is -2.19. The van der Waals surface area contributed by atoms with Gasteiger partial charge in [0.25, 0.3) is 0 Å². The Morgan fingerprint density at radius 2 is 2.10 bits per heavy atom. The predicted molar refractivity (Wildman–Crippen MR) is 84.8 cm³/mol. The van der Waals surface area contributed by atoms with Crippen LogP contribution in [0.25, 0.3) is 0 Å². The van der Waals surface area contributed by atoms with Gasteiger partial charge in [0.1, 0.15) is 10.8 Å². The molecule has 0 spiro atoms. The van der Waals surface area contributed by atoms with Gasteiger partial charge in [0, 0.05) is 16.3 Å². The van der Waals surface area contributed by atoms with Crippen molar-refractivity contribution in [2.75, 3.05) is 6.54 Å². The molecule has 0 radical (unpaired) electrons. The average molecular weight is 310 g/mol. The zero-order valence-corrected chi connectivity index (χ0v) is 13.4. The highest BCUT2D eigenvalue weighted by atomic mass is 32.2. The van der Waals surface area contributed by atoms with Gasteiger partial charge in [-0.25, -0.2) is 9.37 Å². The van der Waals surface area contributed by atoms with Crippen molar-refractivity contribution in [3.05, 3.63) is 46.2 Å². The van der Waals surface area contributed by atoms with E-state index < -0.39 is 0 Å². The highest BCUT2D eigenvalue weighted by Crippen LogP contribution is 2.26. The molecule has 0 fully saturated rings. The third kappa shape index (κ3) is 4.58. The summed E-state index contributed by atoms with van der Waals surface area (Å²) in [7, 11) is 0. The van der Waals surface area contributed by atoms with Crippen LogP contribution in [0.15, 0.2) is 34.5 Å². The van der Waals surface area contributed by atoms with E-state index in [-0.39, 0.29) is 5.82 Å². The molecule has 2 rings (SSSR count). The van der Waals surface area contributed by atoms with E-state index in [4.69, 9.17) is 0 Å². The van der Waals surface area contributed by atoms with Crippen molar-refractivity contribution in [2.45, 2.75) is 37.0 Å². The van der Waals surface area contributed by atoms with E-state index in [2.05, 4.69) is 29.5 Å². The van der Waals surface area contributed by atoms with Crippen LogP contribution < -0.4 is 5.32 Å². The Morgan fingerprint density at radius 3 is 2.80 bits per heavy atom. The Kier molecular flexibility index (Phi) is 6.01. The number of thioether (sulfide) groups is 1. The summed E-state index contributed by atoms with van der Waals surface area (Å²) in [6, 6.07) is 6.90. The summed E-state index contributed by atoms with van der Waals surface area (Å²) in [6.07, 6.45) is 1.13. The molecule has 20 heavy (non-hydrogen) atoms.